The van der Waals surface area contributed by atoms with E-state index in [-0.39, 0.29) is 35.1 Å². The molecular weight excluding hydrogens is 272 g/mol. The summed E-state index contributed by atoms with van der Waals surface area (Å²) >= 11 is 0. The van der Waals surface area contributed by atoms with Crippen molar-refractivity contribution in [3.63, 3.8) is 0 Å². The molecule has 8 nitrogen and oxygen atoms in total. The predicted molar refractivity (Wildman–Crippen MR) is 77.6 cm³/mol. The summed E-state index contributed by atoms with van der Waals surface area (Å²) in [6, 6.07) is 0.139. The fraction of sp³-hybridized carbons (Fsp3) is 0.692. The quantitative estimate of drug-likeness (QED) is 0.752. The van der Waals surface area contributed by atoms with Crippen molar-refractivity contribution in [2.24, 2.45) is 11.3 Å². The maximum absolute atomic E-state index is 11.8. The molecule has 1 saturated carbocycles. The molecule has 0 aromatic carbocycles. The van der Waals surface area contributed by atoms with E-state index >= 15 is 0 Å². The molecule has 0 radical (unpaired) electrons. The Kier molecular flexibility index (Phi) is 3.20. The molecule has 0 aliphatic heterocycles. The molecular formula is C13H20N6O2. The second-order valence-corrected chi connectivity index (χ2v) is 6.29. The lowest BCUT2D eigenvalue weighted by Crippen LogP contribution is -2.46. The van der Waals surface area contributed by atoms with Crippen LogP contribution >= 0.6 is 0 Å². The molecule has 0 saturated heterocycles. The third kappa shape index (κ3) is 2.10. The number of nitrogen functional groups attached to an aromatic ring is 1. The van der Waals surface area contributed by atoms with Crippen molar-refractivity contribution in [1.29, 1.82) is 0 Å². The molecule has 2 heterocycles. The maximum atomic E-state index is 11.8. The van der Waals surface area contributed by atoms with Crippen molar-refractivity contribution in [2.75, 3.05) is 12.3 Å². The van der Waals surface area contributed by atoms with E-state index in [0.717, 1.165) is 19.3 Å². The smallest absolute Gasteiger partial charge is 0.282 e. The number of nitrogens with two attached hydrogens (primary N) is 1. The second kappa shape index (κ2) is 4.80. The summed E-state index contributed by atoms with van der Waals surface area (Å²) in [7, 11) is 0. The largest absolute Gasteiger partial charge is 0.396 e. The van der Waals surface area contributed by atoms with Gasteiger partial charge in [-0.1, -0.05) is 19.1 Å². The third-order valence-electron chi connectivity index (χ3n) is 4.78. The molecule has 0 amide bonds. The van der Waals surface area contributed by atoms with E-state index in [0.29, 0.717) is 11.6 Å². The number of anilines is 1. The average molecular weight is 292 g/mol. The van der Waals surface area contributed by atoms with Gasteiger partial charge in [-0.05, 0) is 30.6 Å². The fourth-order valence-corrected chi connectivity index (χ4v) is 3.30. The van der Waals surface area contributed by atoms with Crippen LogP contribution in [0, 0.1) is 11.3 Å². The van der Waals surface area contributed by atoms with Crippen molar-refractivity contribution in [3.8, 4) is 0 Å². The van der Waals surface area contributed by atoms with Gasteiger partial charge in [0.05, 0.1) is 6.04 Å². The van der Waals surface area contributed by atoms with Crippen LogP contribution < -0.4 is 11.3 Å². The second-order valence-electron chi connectivity index (χ2n) is 6.29. The molecule has 0 spiro atoms. The van der Waals surface area contributed by atoms with Crippen molar-refractivity contribution in [1.82, 2.24) is 25.0 Å². The van der Waals surface area contributed by atoms with Crippen molar-refractivity contribution < 1.29 is 5.11 Å². The lowest BCUT2D eigenvalue weighted by atomic mass is 9.57. The lowest BCUT2D eigenvalue weighted by Gasteiger charge is -2.52. The standard InChI is InChI=1S/C13H20N6O2/c1-13(2)7(4-3-5-20)6-8(13)19-10-9(17-18-19)11(21)16-12(14)15-10/h7-8,20H,3-6H2,1-2H3,(H3,14,15,16,21)/t7-,8+/m1/s1. The summed E-state index contributed by atoms with van der Waals surface area (Å²) in [5.74, 6) is 0.596. The highest BCUT2D eigenvalue weighted by atomic mass is 16.2. The number of aromatic amines is 1. The number of aromatic nitrogens is 5. The molecule has 0 bridgehead atoms. The topological polar surface area (TPSA) is 123 Å². The van der Waals surface area contributed by atoms with Crippen LogP contribution in [-0.2, 0) is 0 Å². The first-order chi connectivity index (χ1) is 9.95. The molecule has 2 aromatic heterocycles. The summed E-state index contributed by atoms with van der Waals surface area (Å²) < 4.78 is 1.72. The molecule has 0 unspecified atom stereocenters. The Morgan fingerprint density at radius 2 is 2.29 bits per heavy atom. The van der Waals surface area contributed by atoms with Crippen LogP contribution in [-0.4, -0.2) is 36.7 Å². The molecule has 4 N–H and O–H groups in total. The Balaban J connectivity index is 1.94. The van der Waals surface area contributed by atoms with Crippen LogP contribution in [0.1, 0.15) is 39.2 Å². The van der Waals surface area contributed by atoms with Crippen LogP contribution in [0.15, 0.2) is 4.79 Å². The Bertz CT molecular complexity index is 719. The zero-order chi connectivity index (χ0) is 15.2. The summed E-state index contributed by atoms with van der Waals surface area (Å²) in [6.07, 6.45) is 2.74. The van der Waals surface area contributed by atoms with Gasteiger partial charge >= 0.3 is 0 Å². The van der Waals surface area contributed by atoms with Gasteiger partial charge in [-0.2, -0.15) is 4.98 Å². The normalized spacial score (nSPS) is 24.1. The van der Waals surface area contributed by atoms with Crippen molar-refractivity contribution in [2.45, 2.75) is 39.2 Å². The zero-order valence-corrected chi connectivity index (χ0v) is 12.2. The van der Waals surface area contributed by atoms with Crippen LogP contribution in [0.2, 0.25) is 0 Å². The number of aliphatic hydroxyl groups is 1. The van der Waals surface area contributed by atoms with E-state index < -0.39 is 0 Å². The van der Waals surface area contributed by atoms with Crippen LogP contribution in [0.4, 0.5) is 5.95 Å². The Hall–Kier alpha value is -1.96. The minimum Gasteiger partial charge on any atom is -0.396 e. The maximum Gasteiger partial charge on any atom is 0.282 e. The summed E-state index contributed by atoms with van der Waals surface area (Å²) in [5.41, 5.74) is 5.93. The van der Waals surface area contributed by atoms with Crippen LogP contribution in [0.25, 0.3) is 11.2 Å². The van der Waals surface area contributed by atoms with Gasteiger partial charge in [0.2, 0.25) is 5.95 Å². The highest BCUT2D eigenvalue weighted by Crippen LogP contribution is 2.56. The van der Waals surface area contributed by atoms with E-state index in [1.54, 1.807) is 4.68 Å². The molecule has 8 heteroatoms. The molecule has 1 fully saturated rings. The summed E-state index contributed by atoms with van der Waals surface area (Å²) in [5, 5.41) is 17.0. The van der Waals surface area contributed by atoms with Gasteiger partial charge < -0.3 is 10.8 Å². The summed E-state index contributed by atoms with van der Waals surface area (Å²) in [6.45, 7) is 4.57. The van der Waals surface area contributed by atoms with E-state index in [1.165, 1.54) is 0 Å². The van der Waals surface area contributed by atoms with E-state index in [1.807, 2.05) is 0 Å². The third-order valence-corrected chi connectivity index (χ3v) is 4.78. The SMILES string of the molecule is CC1(C)[C@H](CCCO)C[C@@H]1n1nnc2c(=O)[nH]c(N)nc21. The molecule has 114 valence electrons. The molecule has 2 atom stereocenters. The predicted octanol–water partition coefficient (Wildman–Crippen LogP) is 0.456. The molecule has 3 rings (SSSR count). The van der Waals surface area contributed by atoms with Crippen molar-refractivity contribution >= 4 is 17.1 Å². The Morgan fingerprint density at radius 1 is 1.52 bits per heavy atom. The first-order valence-electron chi connectivity index (χ1n) is 7.16. The first-order valence-corrected chi connectivity index (χ1v) is 7.16. The van der Waals surface area contributed by atoms with Crippen molar-refractivity contribution in [3.05, 3.63) is 10.4 Å². The number of aliphatic hydroxyl groups excluding tert-OH is 1. The molecule has 1 aliphatic carbocycles. The number of rotatable bonds is 4. The van der Waals surface area contributed by atoms with Gasteiger partial charge in [0, 0.05) is 6.61 Å². The highest BCUT2D eigenvalue weighted by molar-refractivity contribution is 5.69. The minimum absolute atomic E-state index is 0.0227. The van der Waals surface area contributed by atoms with Crippen LogP contribution in [0.3, 0.4) is 0 Å². The van der Waals surface area contributed by atoms with Gasteiger partial charge in [0.15, 0.2) is 11.2 Å². The number of nitrogens with zero attached hydrogens (tertiary/aromatic N) is 4. The van der Waals surface area contributed by atoms with E-state index in [9.17, 15) is 4.79 Å². The Labute approximate surface area is 121 Å². The lowest BCUT2D eigenvalue weighted by molar-refractivity contribution is -0.0235. The van der Waals surface area contributed by atoms with Gasteiger partial charge in [-0.3, -0.25) is 9.78 Å². The average Bonchev–Trinajstić information content (AvgIpc) is 2.81. The number of fused-ring (bicyclic) bond motifs is 1. The van der Waals surface area contributed by atoms with E-state index in [2.05, 4.69) is 34.1 Å². The van der Waals surface area contributed by atoms with Crippen LogP contribution in [0.5, 0.6) is 0 Å². The van der Waals surface area contributed by atoms with Gasteiger partial charge in [-0.15, -0.1) is 5.10 Å². The summed E-state index contributed by atoms with van der Waals surface area (Å²) in [4.78, 5) is 18.4. The molecule has 21 heavy (non-hydrogen) atoms. The fourth-order valence-electron chi connectivity index (χ4n) is 3.30. The molecule has 2 aromatic rings. The van der Waals surface area contributed by atoms with Gasteiger partial charge in [-0.25, -0.2) is 4.68 Å². The van der Waals surface area contributed by atoms with Gasteiger partial charge in [0.25, 0.3) is 5.56 Å². The number of hydrogen-bond acceptors (Lipinski definition) is 6. The minimum atomic E-state index is -0.363. The van der Waals surface area contributed by atoms with Gasteiger partial charge in [0.1, 0.15) is 0 Å². The van der Waals surface area contributed by atoms with E-state index in [4.69, 9.17) is 10.8 Å². The first kappa shape index (κ1) is 14.0. The molecule has 1 aliphatic rings. The number of H-pyrrole nitrogens is 1. The highest BCUT2D eigenvalue weighted by Gasteiger charge is 2.49. The number of nitrogens with one attached hydrogen (secondary N) is 1. The Morgan fingerprint density at radius 3 is 2.95 bits per heavy atom. The monoisotopic (exact) mass is 292 g/mol. The number of hydrogen-bond donors (Lipinski definition) is 3. The zero-order valence-electron chi connectivity index (χ0n) is 12.2.